The van der Waals surface area contributed by atoms with E-state index in [9.17, 15) is 13.2 Å². The van der Waals surface area contributed by atoms with E-state index in [1.165, 1.54) is 12.8 Å². The Kier molecular flexibility index (Phi) is 3.88. The maximum atomic E-state index is 12.4. The van der Waals surface area contributed by atoms with Gasteiger partial charge in [-0.15, -0.1) is 11.3 Å². The van der Waals surface area contributed by atoms with Crippen molar-refractivity contribution in [3.05, 3.63) is 29.0 Å². The summed E-state index contributed by atoms with van der Waals surface area (Å²) in [6.45, 7) is 0.379. The second kappa shape index (κ2) is 5.67. The minimum Gasteiger partial charge on any atom is -0.356 e. The molecule has 0 saturated heterocycles. The lowest BCUT2D eigenvalue weighted by molar-refractivity contribution is -0.140. The number of anilines is 1. The first kappa shape index (κ1) is 14.4. The standard InChI is InChI=1S/C13H15F3N4S/c14-13(15,16)11-8-21-12(18-11)17-7-9-5-6-20(19-9)10-3-1-2-4-10/h5-6,8,10H,1-4,7H2,(H,17,18). The first-order chi connectivity index (χ1) is 10.0. The number of nitrogens with one attached hydrogen (secondary N) is 1. The molecular formula is C13H15F3N4S. The lowest BCUT2D eigenvalue weighted by Gasteiger charge is -2.08. The molecule has 1 aliphatic rings. The van der Waals surface area contributed by atoms with Crippen molar-refractivity contribution >= 4 is 16.5 Å². The Bertz CT molecular complexity index is 599. The molecule has 2 aromatic rings. The average Bonchev–Trinajstić information content (AvgIpc) is 3.16. The van der Waals surface area contributed by atoms with Crippen molar-refractivity contribution in [1.29, 1.82) is 0 Å². The van der Waals surface area contributed by atoms with Gasteiger partial charge in [0, 0.05) is 11.6 Å². The van der Waals surface area contributed by atoms with Crippen LogP contribution in [0.5, 0.6) is 0 Å². The molecule has 0 amide bonds. The van der Waals surface area contributed by atoms with Gasteiger partial charge in [0.2, 0.25) is 0 Å². The predicted octanol–water partition coefficient (Wildman–Crippen LogP) is 4.09. The van der Waals surface area contributed by atoms with Crippen LogP contribution in [0.4, 0.5) is 18.3 Å². The number of thiazole rings is 1. The molecule has 1 fully saturated rings. The van der Waals surface area contributed by atoms with Gasteiger partial charge in [0.25, 0.3) is 0 Å². The molecule has 0 unspecified atom stereocenters. The molecule has 1 N–H and O–H groups in total. The number of nitrogens with zero attached hydrogens (tertiary/aromatic N) is 3. The fourth-order valence-electron chi connectivity index (χ4n) is 2.50. The van der Waals surface area contributed by atoms with Crippen LogP contribution in [0.3, 0.4) is 0 Å². The number of halogens is 3. The van der Waals surface area contributed by atoms with E-state index in [0.29, 0.717) is 12.6 Å². The van der Waals surface area contributed by atoms with Gasteiger partial charge in [0.1, 0.15) is 0 Å². The molecule has 1 aliphatic carbocycles. The van der Waals surface area contributed by atoms with Crippen molar-refractivity contribution < 1.29 is 13.2 Å². The Balaban J connectivity index is 1.59. The number of hydrogen-bond acceptors (Lipinski definition) is 4. The zero-order valence-corrected chi connectivity index (χ0v) is 12.0. The normalized spacial score (nSPS) is 16.5. The Labute approximate surface area is 124 Å². The summed E-state index contributed by atoms with van der Waals surface area (Å²) in [7, 11) is 0. The quantitative estimate of drug-likeness (QED) is 0.924. The molecule has 3 rings (SSSR count). The van der Waals surface area contributed by atoms with Crippen LogP contribution in [0.1, 0.15) is 43.1 Å². The fraction of sp³-hybridized carbons (Fsp3) is 0.538. The summed E-state index contributed by atoms with van der Waals surface area (Å²) in [4.78, 5) is 3.53. The summed E-state index contributed by atoms with van der Waals surface area (Å²) >= 11 is 0.951. The van der Waals surface area contributed by atoms with Crippen molar-refractivity contribution in [3.8, 4) is 0 Å². The van der Waals surface area contributed by atoms with E-state index in [1.807, 2.05) is 16.9 Å². The van der Waals surface area contributed by atoms with E-state index in [2.05, 4.69) is 15.4 Å². The number of alkyl halides is 3. The monoisotopic (exact) mass is 316 g/mol. The van der Waals surface area contributed by atoms with Crippen molar-refractivity contribution in [2.45, 2.75) is 44.4 Å². The van der Waals surface area contributed by atoms with Crippen LogP contribution in [0, 0.1) is 0 Å². The zero-order chi connectivity index (χ0) is 14.9. The van der Waals surface area contributed by atoms with Crippen LogP contribution < -0.4 is 5.32 Å². The Hall–Kier alpha value is -1.57. The molecule has 2 heterocycles. The first-order valence-electron chi connectivity index (χ1n) is 6.83. The number of hydrogen-bond donors (Lipinski definition) is 1. The molecule has 0 bridgehead atoms. The predicted molar refractivity (Wildman–Crippen MR) is 74.2 cm³/mol. The number of aromatic nitrogens is 3. The highest BCUT2D eigenvalue weighted by molar-refractivity contribution is 7.13. The van der Waals surface area contributed by atoms with E-state index in [-0.39, 0.29) is 5.13 Å². The molecule has 8 heteroatoms. The van der Waals surface area contributed by atoms with Gasteiger partial charge in [-0.3, -0.25) is 4.68 Å². The van der Waals surface area contributed by atoms with Gasteiger partial charge in [-0.25, -0.2) is 4.98 Å². The van der Waals surface area contributed by atoms with Crippen LogP contribution in [0.15, 0.2) is 17.6 Å². The van der Waals surface area contributed by atoms with Crippen LogP contribution in [0.2, 0.25) is 0 Å². The molecule has 114 valence electrons. The molecule has 0 aromatic carbocycles. The summed E-state index contributed by atoms with van der Waals surface area (Å²) in [5.74, 6) is 0. The third-order valence-electron chi connectivity index (χ3n) is 3.58. The second-order valence-corrected chi connectivity index (χ2v) is 5.97. The summed E-state index contributed by atoms with van der Waals surface area (Å²) in [6, 6.07) is 2.36. The minimum atomic E-state index is -4.39. The maximum absolute atomic E-state index is 12.4. The van der Waals surface area contributed by atoms with Crippen LogP contribution >= 0.6 is 11.3 Å². The highest BCUT2D eigenvalue weighted by Crippen LogP contribution is 2.32. The van der Waals surface area contributed by atoms with Gasteiger partial charge < -0.3 is 5.32 Å². The van der Waals surface area contributed by atoms with Crippen LogP contribution in [0.25, 0.3) is 0 Å². The minimum absolute atomic E-state index is 0.262. The van der Waals surface area contributed by atoms with E-state index < -0.39 is 11.9 Å². The summed E-state index contributed by atoms with van der Waals surface area (Å²) in [5.41, 5.74) is -0.0443. The fourth-order valence-corrected chi connectivity index (χ4v) is 3.21. The Morgan fingerprint density at radius 3 is 2.76 bits per heavy atom. The summed E-state index contributed by atoms with van der Waals surface area (Å²) < 4.78 is 39.3. The molecule has 21 heavy (non-hydrogen) atoms. The molecule has 1 saturated carbocycles. The van der Waals surface area contributed by atoms with E-state index in [0.717, 1.165) is 35.3 Å². The highest BCUT2D eigenvalue weighted by Gasteiger charge is 2.33. The van der Waals surface area contributed by atoms with Crippen LogP contribution in [-0.4, -0.2) is 14.8 Å². The average molecular weight is 316 g/mol. The highest BCUT2D eigenvalue weighted by atomic mass is 32.1. The van der Waals surface area contributed by atoms with Crippen molar-refractivity contribution in [3.63, 3.8) is 0 Å². The van der Waals surface area contributed by atoms with Crippen molar-refractivity contribution in [1.82, 2.24) is 14.8 Å². The molecular weight excluding hydrogens is 301 g/mol. The summed E-state index contributed by atoms with van der Waals surface area (Å²) in [6.07, 6.45) is 2.32. The van der Waals surface area contributed by atoms with Gasteiger partial charge in [0.05, 0.1) is 18.3 Å². The molecule has 4 nitrogen and oxygen atoms in total. The smallest absolute Gasteiger partial charge is 0.356 e. The van der Waals surface area contributed by atoms with E-state index in [1.54, 1.807) is 0 Å². The third kappa shape index (κ3) is 3.37. The maximum Gasteiger partial charge on any atom is 0.434 e. The first-order valence-corrected chi connectivity index (χ1v) is 7.71. The van der Waals surface area contributed by atoms with Gasteiger partial charge in [-0.1, -0.05) is 12.8 Å². The van der Waals surface area contributed by atoms with E-state index in [4.69, 9.17) is 0 Å². The van der Waals surface area contributed by atoms with Crippen LogP contribution in [-0.2, 0) is 12.7 Å². The largest absolute Gasteiger partial charge is 0.434 e. The van der Waals surface area contributed by atoms with Gasteiger partial charge in [-0.2, -0.15) is 18.3 Å². The van der Waals surface area contributed by atoms with Gasteiger partial charge in [-0.05, 0) is 18.9 Å². The lowest BCUT2D eigenvalue weighted by Crippen LogP contribution is -2.08. The van der Waals surface area contributed by atoms with Gasteiger partial charge in [0.15, 0.2) is 10.8 Å². The van der Waals surface area contributed by atoms with Gasteiger partial charge >= 0.3 is 6.18 Å². The topological polar surface area (TPSA) is 42.7 Å². The lowest BCUT2D eigenvalue weighted by atomic mass is 10.3. The summed E-state index contributed by atoms with van der Waals surface area (Å²) in [5, 5.41) is 8.64. The molecule has 0 aliphatic heterocycles. The third-order valence-corrected chi connectivity index (χ3v) is 4.38. The van der Waals surface area contributed by atoms with E-state index >= 15 is 0 Å². The Morgan fingerprint density at radius 2 is 2.10 bits per heavy atom. The molecule has 2 aromatic heterocycles. The SMILES string of the molecule is FC(F)(F)c1csc(NCc2ccn(C3CCCC3)n2)n1. The molecule has 0 atom stereocenters. The molecule has 0 spiro atoms. The zero-order valence-electron chi connectivity index (χ0n) is 11.2. The second-order valence-electron chi connectivity index (χ2n) is 5.11. The van der Waals surface area contributed by atoms with Crippen molar-refractivity contribution in [2.75, 3.05) is 5.32 Å². The number of rotatable bonds is 4. The van der Waals surface area contributed by atoms with Crippen molar-refractivity contribution in [2.24, 2.45) is 0 Å². The molecule has 0 radical (unpaired) electrons. The Morgan fingerprint density at radius 1 is 1.33 bits per heavy atom.